The van der Waals surface area contributed by atoms with Crippen molar-refractivity contribution in [2.24, 2.45) is 0 Å². The third-order valence-electron chi connectivity index (χ3n) is 2.29. The van der Waals surface area contributed by atoms with Gasteiger partial charge in [-0.3, -0.25) is 0 Å². The van der Waals surface area contributed by atoms with Crippen molar-refractivity contribution in [2.45, 2.75) is 0 Å². The molecule has 0 unspecified atom stereocenters. The fourth-order valence-corrected chi connectivity index (χ4v) is 1.56. The number of nitrogens with one attached hydrogen (secondary N) is 2. The van der Waals surface area contributed by atoms with E-state index in [4.69, 9.17) is 22.0 Å². The average Bonchev–Trinajstić information content (AvgIpc) is 2.94. The number of carboxylic acids is 1. The zero-order valence-electron chi connectivity index (χ0n) is 9.83. The second-order valence-electron chi connectivity index (χ2n) is 3.54. The first-order valence-electron chi connectivity index (χ1n) is 5.25. The van der Waals surface area contributed by atoms with Crippen LogP contribution in [0, 0.1) is 11.3 Å². The van der Waals surface area contributed by atoms with Crippen LogP contribution in [-0.2, 0) is 0 Å². The fourth-order valence-electron chi connectivity index (χ4n) is 1.39. The maximum atomic E-state index is 11.1. The van der Waals surface area contributed by atoms with E-state index in [-0.39, 0.29) is 22.6 Å². The molecule has 0 aliphatic heterocycles. The summed E-state index contributed by atoms with van der Waals surface area (Å²) < 4.78 is 0. The number of aromatic carboxylic acids is 1. The molecule has 0 atom stereocenters. The number of hydrogen-bond donors (Lipinski definition) is 3. The first-order valence-corrected chi connectivity index (χ1v) is 5.63. The molecule has 1 aromatic heterocycles. The molecule has 0 bridgehead atoms. The summed E-state index contributed by atoms with van der Waals surface area (Å²) in [6.45, 7) is 0. The smallest absolute Gasteiger partial charge is 0.337 e. The van der Waals surface area contributed by atoms with Gasteiger partial charge >= 0.3 is 5.97 Å². The summed E-state index contributed by atoms with van der Waals surface area (Å²) in [5.41, 5.74) is 0.377. The number of nitrogens with zero attached hydrogens (tertiary/aromatic N) is 4. The lowest BCUT2D eigenvalue weighted by Crippen LogP contribution is -2.02. The molecule has 0 aliphatic rings. The van der Waals surface area contributed by atoms with Gasteiger partial charge < -0.3 is 10.4 Å². The van der Waals surface area contributed by atoms with Crippen LogP contribution in [-0.4, -0.2) is 31.7 Å². The number of allylic oxidation sites excluding steroid dienone is 1. The molecule has 8 nitrogen and oxygen atoms in total. The Kier molecular flexibility index (Phi) is 3.93. The van der Waals surface area contributed by atoms with Gasteiger partial charge in [-0.15, -0.1) is 10.2 Å². The Morgan fingerprint density at radius 2 is 2.35 bits per heavy atom. The zero-order chi connectivity index (χ0) is 14.5. The zero-order valence-corrected chi connectivity index (χ0v) is 10.6. The van der Waals surface area contributed by atoms with Crippen molar-refractivity contribution >= 4 is 28.8 Å². The van der Waals surface area contributed by atoms with Crippen molar-refractivity contribution in [2.75, 3.05) is 5.32 Å². The summed E-state index contributed by atoms with van der Waals surface area (Å²) in [4.78, 5) is 11.1. The first-order chi connectivity index (χ1) is 9.61. The standard InChI is InChI=1S/C11H7ClN6O2/c12-7-1-2-9(8(3-7)11(19)20)14-5-6(4-13)10-15-17-18-16-10/h1-3,5,14H,(H,19,20)(H,15,16,17,18). The lowest BCUT2D eigenvalue weighted by molar-refractivity contribution is 0.0698. The van der Waals surface area contributed by atoms with Crippen molar-refractivity contribution in [3.8, 4) is 6.07 Å². The highest BCUT2D eigenvalue weighted by atomic mass is 35.5. The summed E-state index contributed by atoms with van der Waals surface area (Å²) >= 11 is 5.74. The van der Waals surface area contributed by atoms with Gasteiger partial charge in [0.25, 0.3) is 0 Å². The molecular weight excluding hydrogens is 284 g/mol. The third-order valence-corrected chi connectivity index (χ3v) is 2.53. The van der Waals surface area contributed by atoms with Crippen molar-refractivity contribution in [1.29, 1.82) is 5.26 Å². The molecule has 9 heteroatoms. The summed E-state index contributed by atoms with van der Waals surface area (Å²) in [7, 11) is 0. The van der Waals surface area contributed by atoms with E-state index in [0.717, 1.165) is 0 Å². The number of carbonyl (C=O) groups is 1. The Labute approximate surface area is 117 Å². The molecule has 2 aromatic rings. The molecule has 100 valence electrons. The maximum Gasteiger partial charge on any atom is 0.337 e. The molecule has 2 rings (SSSR count). The fraction of sp³-hybridized carbons (Fsp3) is 0. The number of aromatic nitrogens is 4. The van der Waals surface area contributed by atoms with Gasteiger partial charge in [0.1, 0.15) is 11.6 Å². The second kappa shape index (κ2) is 5.81. The van der Waals surface area contributed by atoms with Crippen molar-refractivity contribution in [3.63, 3.8) is 0 Å². The van der Waals surface area contributed by atoms with E-state index < -0.39 is 5.97 Å². The Hall–Kier alpha value is -2.92. The quantitative estimate of drug-likeness (QED) is 0.728. The van der Waals surface area contributed by atoms with Crippen molar-refractivity contribution < 1.29 is 9.90 Å². The molecule has 0 fully saturated rings. The average molecular weight is 291 g/mol. The number of nitriles is 1. The molecule has 1 heterocycles. The van der Waals surface area contributed by atoms with Gasteiger partial charge in [-0.25, -0.2) is 4.79 Å². The first kappa shape index (κ1) is 13.5. The molecular formula is C11H7ClN6O2. The van der Waals surface area contributed by atoms with Crippen LogP contribution in [0.2, 0.25) is 5.02 Å². The van der Waals surface area contributed by atoms with E-state index in [1.165, 1.54) is 24.4 Å². The molecule has 1 aromatic carbocycles. The minimum atomic E-state index is -1.14. The number of carboxylic acid groups (broad SMARTS) is 1. The molecule has 0 radical (unpaired) electrons. The lowest BCUT2D eigenvalue weighted by atomic mass is 10.2. The maximum absolute atomic E-state index is 11.1. The number of rotatable bonds is 4. The molecule has 0 saturated carbocycles. The van der Waals surface area contributed by atoms with Crippen molar-refractivity contribution in [1.82, 2.24) is 20.6 Å². The Morgan fingerprint density at radius 1 is 1.55 bits per heavy atom. The minimum absolute atomic E-state index is 0.0147. The van der Waals surface area contributed by atoms with Crippen LogP contribution < -0.4 is 5.32 Å². The van der Waals surface area contributed by atoms with Crippen LogP contribution in [0.3, 0.4) is 0 Å². The number of H-pyrrole nitrogens is 1. The van der Waals surface area contributed by atoms with Gasteiger partial charge in [0.15, 0.2) is 0 Å². The summed E-state index contributed by atoms with van der Waals surface area (Å²) in [6.07, 6.45) is 1.29. The third kappa shape index (κ3) is 2.90. The van der Waals surface area contributed by atoms with Gasteiger partial charge in [-0.05, 0) is 23.4 Å². The number of benzene rings is 1. The van der Waals surface area contributed by atoms with E-state index in [0.29, 0.717) is 5.02 Å². The Balaban J connectivity index is 2.31. The van der Waals surface area contributed by atoms with Crippen molar-refractivity contribution in [3.05, 3.63) is 40.8 Å². The summed E-state index contributed by atoms with van der Waals surface area (Å²) in [6, 6.07) is 6.21. The van der Waals surface area contributed by atoms with E-state index in [1.807, 2.05) is 6.07 Å². The number of tetrazole rings is 1. The highest BCUT2D eigenvalue weighted by molar-refractivity contribution is 6.31. The molecule has 0 amide bonds. The molecule has 0 saturated heterocycles. The van der Waals surface area contributed by atoms with Crippen LogP contribution in [0.15, 0.2) is 24.4 Å². The largest absolute Gasteiger partial charge is 0.478 e. The van der Waals surface area contributed by atoms with Crippen LogP contribution in [0.5, 0.6) is 0 Å². The number of anilines is 1. The van der Waals surface area contributed by atoms with Crippen LogP contribution in [0.25, 0.3) is 5.57 Å². The highest BCUT2D eigenvalue weighted by Crippen LogP contribution is 2.21. The van der Waals surface area contributed by atoms with E-state index in [1.54, 1.807) is 0 Å². The van der Waals surface area contributed by atoms with Crippen LogP contribution in [0.4, 0.5) is 5.69 Å². The van der Waals surface area contributed by atoms with Crippen LogP contribution >= 0.6 is 11.6 Å². The van der Waals surface area contributed by atoms with E-state index in [2.05, 4.69) is 25.9 Å². The van der Waals surface area contributed by atoms with E-state index >= 15 is 0 Å². The normalized spacial score (nSPS) is 10.9. The molecule has 3 N–H and O–H groups in total. The topological polar surface area (TPSA) is 128 Å². The lowest BCUT2D eigenvalue weighted by Gasteiger charge is -2.06. The van der Waals surface area contributed by atoms with E-state index in [9.17, 15) is 4.79 Å². The number of hydrogen-bond acceptors (Lipinski definition) is 6. The second-order valence-corrected chi connectivity index (χ2v) is 3.98. The monoisotopic (exact) mass is 290 g/mol. The summed E-state index contributed by atoms with van der Waals surface area (Å²) in [5.74, 6) is -1.03. The molecule has 0 spiro atoms. The van der Waals surface area contributed by atoms with Gasteiger partial charge in [0.2, 0.25) is 5.82 Å². The Morgan fingerprint density at radius 3 is 2.95 bits per heavy atom. The summed E-state index contributed by atoms with van der Waals surface area (Å²) in [5, 5.41) is 33.9. The molecule has 0 aliphatic carbocycles. The SMILES string of the molecule is N#CC(=CNc1ccc(Cl)cc1C(=O)O)c1nn[nH]n1. The number of aromatic amines is 1. The van der Waals surface area contributed by atoms with Crippen LogP contribution in [0.1, 0.15) is 16.2 Å². The number of halogens is 1. The van der Waals surface area contributed by atoms with Gasteiger partial charge in [0, 0.05) is 11.2 Å². The predicted octanol–water partition coefficient (Wildman–Crippen LogP) is 1.53. The highest BCUT2D eigenvalue weighted by Gasteiger charge is 2.11. The Bertz CT molecular complexity index is 704. The molecule has 20 heavy (non-hydrogen) atoms. The van der Waals surface area contributed by atoms with Gasteiger partial charge in [-0.2, -0.15) is 10.5 Å². The predicted molar refractivity (Wildman–Crippen MR) is 69.8 cm³/mol. The van der Waals surface area contributed by atoms with Gasteiger partial charge in [-0.1, -0.05) is 11.6 Å². The minimum Gasteiger partial charge on any atom is -0.478 e. The van der Waals surface area contributed by atoms with Gasteiger partial charge in [0.05, 0.1) is 11.3 Å².